The van der Waals surface area contributed by atoms with Gasteiger partial charge >= 0.3 is 0 Å². The molecule has 0 bridgehead atoms. The standard InChI is InChI=1S/C21H27N3O3/c1-16(2)14-19(21(26)24-10-12-27-13-11-24)22-20(25)17-6-5-7-18(15-17)23-8-3-4-9-23/h3-9,15-16,19H,10-14H2,1-2H3,(H,22,25)/t19-/m0/s1. The summed E-state index contributed by atoms with van der Waals surface area (Å²) in [6.45, 7) is 6.36. The third-order valence-corrected chi connectivity index (χ3v) is 4.64. The van der Waals surface area contributed by atoms with Crippen molar-refractivity contribution in [3.05, 3.63) is 54.4 Å². The van der Waals surface area contributed by atoms with Gasteiger partial charge < -0.3 is 19.5 Å². The first-order valence-corrected chi connectivity index (χ1v) is 9.45. The number of nitrogens with zero attached hydrogens (tertiary/aromatic N) is 2. The zero-order valence-corrected chi connectivity index (χ0v) is 15.9. The van der Waals surface area contributed by atoms with E-state index in [1.54, 1.807) is 11.0 Å². The number of aromatic nitrogens is 1. The molecule has 0 spiro atoms. The van der Waals surface area contributed by atoms with Crippen molar-refractivity contribution in [3.63, 3.8) is 0 Å². The lowest BCUT2D eigenvalue weighted by Crippen LogP contribution is -2.52. The van der Waals surface area contributed by atoms with Gasteiger partial charge in [0, 0.05) is 36.7 Å². The van der Waals surface area contributed by atoms with Crippen LogP contribution in [0.15, 0.2) is 48.8 Å². The molecule has 6 nitrogen and oxygen atoms in total. The molecule has 1 aromatic heterocycles. The Hall–Kier alpha value is -2.60. The number of amides is 2. The summed E-state index contributed by atoms with van der Waals surface area (Å²) in [6, 6.07) is 10.8. The molecule has 1 atom stereocenters. The van der Waals surface area contributed by atoms with Crippen molar-refractivity contribution < 1.29 is 14.3 Å². The lowest BCUT2D eigenvalue weighted by molar-refractivity contribution is -0.137. The Bertz CT molecular complexity index is 765. The number of hydrogen-bond acceptors (Lipinski definition) is 3. The average Bonchev–Trinajstić information content (AvgIpc) is 3.22. The fourth-order valence-electron chi connectivity index (χ4n) is 3.25. The minimum Gasteiger partial charge on any atom is -0.378 e. The second-order valence-corrected chi connectivity index (χ2v) is 7.23. The predicted octanol–water partition coefficient (Wildman–Crippen LogP) is 2.48. The summed E-state index contributed by atoms with van der Waals surface area (Å²) in [7, 11) is 0. The zero-order valence-electron chi connectivity index (χ0n) is 15.9. The van der Waals surface area contributed by atoms with E-state index >= 15 is 0 Å². The van der Waals surface area contributed by atoms with Crippen LogP contribution in [-0.2, 0) is 9.53 Å². The van der Waals surface area contributed by atoms with Gasteiger partial charge in [0.2, 0.25) is 5.91 Å². The van der Waals surface area contributed by atoms with E-state index in [0.29, 0.717) is 44.2 Å². The lowest BCUT2D eigenvalue weighted by Gasteiger charge is -2.31. The smallest absolute Gasteiger partial charge is 0.252 e. The molecule has 2 heterocycles. The molecule has 0 saturated carbocycles. The van der Waals surface area contributed by atoms with Gasteiger partial charge in [0.05, 0.1) is 13.2 Å². The highest BCUT2D eigenvalue weighted by Crippen LogP contribution is 2.14. The molecule has 1 fully saturated rings. The SMILES string of the molecule is CC(C)C[C@H](NC(=O)c1cccc(-n2cccc2)c1)C(=O)N1CCOCC1. The van der Waals surface area contributed by atoms with Crippen molar-refractivity contribution in [3.8, 4) is 5.69 Å². The van der Waals surface area contributed by atoms with E-state index in [0.717, 1.165) is 5.69 Å². The molecule has 0 aliphatic carbocycles. The fraction of sp³-hybridized carbons (Fsp3) is 0.429. The van der Waals surface area contributed by atoms with Crippen LogP contribution in [0.2, 0.25) is 0 Å². The molecule has 1 saturated heterocycles. The fourth-order valence-corrected chi connectivity index (χ4v) is 3.25. The number of carbonyl (C=O) groups is 2. The molecule has 27 heavy (non-hydrogen) atoms. The number of benzene rings is 1. The highest BCUT2D eigenvalue weighted by Gasteiger charge is 2.28. The van der Waals surface area contributed by atoms with E-state index in [1.807, 2.05) is 47.3 Å². The lowest BCUT2D eigenvalue weighted by atomic mass is 10.0. The summed E-state index contributed by atoms with van der Waals surface area (Å²) < 4.78 is 7.27. The van der Waals surface area contributed by atoms with Crippen molar-refractivity contribution in [2.75, 3.05) is 26.3 Å². The third-order valence-electron chi connectivity index (χ3n) is 4.64. The minimum atomic E-state index is -0.522. The van der Waals surface area contributed by atoms with E-state index in [-0.39, 0.29) is 11.8 Å². The van der Waals surface area contributed by atoms with Gasteiger partial charge in [-0.05, 0) is 42.7 Å². The van der Waals surface area contributed by atoms with Crippen LogP contribution in [0, 0.1) is 5.92 Å². The van der Waals surface area contributed by atoms with Crippen LogP contribution in [-0.4, -0.2) is 53.6 Å². The second kappa shape index (κ2) is 8.86. The number of rotatable bonds is 6. The van der Waals surface area contributed by atoms with Crippen LogP contribution in [0.5, 0.6) is 0 Å². The van der Waals surface area contributed by atoms with Gasteiger partial charge in [0.25, 0.3) is 5.91 Å². The van der Waals surface area contributed by atoms with E-state index in [1.165, 1.54) is 0 Å². The van der Waals surface area contributed by atoms with E-state index < -0.39 is 6.04 Å². The average molecular weight is 369 g/mol. The molecule has 2 amide bonds. The molecule has 2 aromatic rings. The van der Waals surface area contributed by atoms with Crippen molar-refractivity contribution in [1.29, 1.82) is 0 Å². The topological polar surface area (TPSA) is 63.6 Å². The molecule has 3 rings (SSSR count). The van der Waals surface area contributed by atoms with Crippen LogP contribution in [0.3, 0.4) is 0 Å². The molecular formula is C21H27N3O3. The third kappa shape index (κ3) is 4.98. The maximum Gasteiger partial charge on any atom is 0.252 e. The highest BCUT2D eigenvalue weighted by atomic mass is 16.5. The van der Waals surface area contributed by atoms with Crippen molar-refractivity contribution >= 4 is 11.8 Å². The Morgan fingerprint density at radius 3 is 2.48 bits per heavy atom. The Labute approximate surface area is 160 Å². The second-order valence-electron chi connectivity index (χ2n) is 7.23. The summed E-state index contributed by atoms with van der Waals surface area (Å²) in [5, 5.41) is 2.95. The van der Waals surface area contributed by atoms with Gasteiger partial charge in [-0.25, -0.2) is 0 Å². The first-order chi connectivity index (χ1) is 13.0. The molecule has 1 aliphatic rings. The maximum atomic E-state index is 12.9. The first kappa shape index (κ1) is 19.2. The van der Waals surface area contributed by atoms with Crippen molar-refractivity contribution in [2.24, 2.45) is 5.92 Å². The normalized spacial score (nSPS) is 15.6. The summed E-state index contributed by atoms with van der Waals surface area (Å²) in [6.07, 6.45) is 4.47. The Morgan fingerprint density at radius 2 is 1.81 bits per heavy atom. The van der Waals surface area contributed by atoms with Crippen molar-refractivity contribution in [2.45, 2.75) is 26.3 Å². The number of nitrogens with one attached hydrogen (secondary N) is 1. The van der Waals surface area contributed by atoms with Gasteiger partial charge in [-0.15, -0.1) is 0 Å². The van der Waals surface area contributed by atoms with E-state index in [9.17, 15) is 9.59 Å². The van der Waals surface area contributed by atoms with E-state index in [2.05, 4.69) is 19.2 Å². The van der Waals surface area contributed by atoms with Crippen molar-refractivity contribution in [1.82, 2.24) is 14.8 Å². The number of morpholine rings is 1. The Kier molecular flexibility index (Phi) is 6.29. The Morgan fingerprint density at radius 1 is 1.11 bits per heavy atom. The van der Waals surface area contributed by atoms with Gasteiger partial charge in [-0.3, -0.25) is 9.59 Å². The van der Waals surface area contributed by atoms with Gasteiger partial charge in [-0.2, -0.15) is 0 Å². The van der Waals surface area contributed by atoms with Crippen LogP contribution in [0.4, 0.5) is 0 Å². The molecule has 1 aromatic carbocycles. The molecule has 0 unspecified atom stereocenters. The quantitative estimate of drug-likeness (QED) is 0.851. The van der Waals surface area contributed by atoms with Gasteiger partial charge in [0.1, 0.15) is 6.04 Å². The molecule has 6 heteroatoms. The maximum absolute atomic E-state index is 12.9. The molecular weight excluding hydrogens is 342 g/mol. The van der Waals surface area contributed by atoms with Gasteiger partial charge in [-0.1, -0.05) is 19.9 Å². The monoisotopic (exact) mass is 369 g/mol. The number of carbonyl (C=O) groups excluding carboxylic acids is 2. The molecule has 0 radical (unpaired) electrons. The molecule has 1 N–H and O–H groups in total. The van der Waals surface area contributed by atoms with Crippen LogP contribution in [0.1, 0.15) is 30.6 Å². The summed E-state index contributed by atoms with van der Waals surface area (Å²) >= 11 is 0. The Balaban J connectivity index is 1.74. The van der Waals surface area contributed by atoms with Crippen LogP contribution < -0.4 is 5.32 Å². The first-order valence-electron chi connectivity index (χ1n) is 9.45. The van der Waals surface area contributed by atoms with E-state index in [4.69, 9.17) is 4.74 Å². The minimum absolute atomic E-state index is 0.0260. The largest absolute Gasteiger partial charge is 0.378 e. The summed E-state index contributed by atoms with van der Waals surface area (Å²) in [5.74, 6) is 0.0460. The number of hydrogen-bond donors (Lipinski definition) is 1. The van der Waals surface area contributed by atoms with Gasteiger partial charge in [0.15, 0.2) is 0 Å². The van der Waals surface area contributed by atoms with Crippen LogP contribution in [0.25, 0.3) is 5.69 Å². The number of ether oxygens (including phenoxy) is 1. The summed E-state index contributed by atoms with van der Waals surface area (Å²) in [5.41, 5.74) is 1.46. The molecule has 1 aliphatic heterocycles. The molecule has 144 valence electrons. The highest BCUT2D eigenvalue weighted by molar-refractivity contribution is 5.98. The van der Waals surface area contributed by atoms with Crippen LogP contribution >= 0.6 is 0 Å². The summed E-state index contributed by atoms with van der Waals surface area (Å²) in [4.78, 5) is 27.5. The zero-order chi connectivity index (χ0) is 19.2. The predicted molar refractivity (Wildman–Crippen MR) is 104 cm³/mol.